The third kappa shape index (κ3) is 3.26. The first kappa shape index (κ1) is 14.9. The molecule has 0 saturated heterocycles. The van der Waals surface area contributed by atoms with Gasteiger partial charge in [-0.25, -0.2) is 4.79 Å². The summed E-state index contributed by atoms with van der Waals surface area (Å²) in [5, 5.41) is 2.71. The Labute approximate surface area is 132 Å². The first-order valence-corrected chi connectivity index (χ1v) is 7.23. The van der Waals surface area contributed by atoms with Crippen LogP contribution in [0.25, 0.3) is 11.1 Å². The molecule has 118 valence electrons. The highest BCUT2D eigenvalue weighted by atomic mass is 16.5. The summed E-state index contributed by atoms with van der Waals surface area (Å²) in [5.41, 5.74) is 1.89. The van der Waals surface area contributed by atoms with Crippen LogP contribution in [0.4, 0.5) is 5.69 Å². The van der Waals surface area contributed by atoms with E-state index in [1.807, 2.05) is 30.3 Å². The normalized spacial score (nSPS) is 10.7. The predicted octanol–water partition coefficient (Wildman–Crippen LogP) is 2.63. The highest BCUT2D eigenvalue weighted by molar-refractivity contribution is 5.90. The van der Waals surface area contributed by atoms with Crippen LogP contribution >= 0.6 is 0 Å². The second kappa shape index (κ2) is 6.39. The van der Waals surface area contributed by atoms with Gasteiger partial charge in [0.1, 0.15) is 12.4 Å². The Morgan fingerprint density at radius 3 is 2.74 bits per heavy atom. The fourth-order valence-electron chi connectivity index (χ4n) is 2.36. The summed E-state index contributed by atoms with van der Waals surface area (Å²) in [6, 6.07) is 14.4. The van der Waals surface area contributed by atoms with Crippen molar-refractivity contribution in [2.45, 2.75) is 13.5 Å². The van der Waals surface area contributed by atoms with E-state index in [1.165, 1.54) is 11.5 Å². The van der Waals surface area contributed by atoms with Crippen LogP contribution in [0.15, 0.2) is 57.7 Å². The molecule has 0 radical (unpaired) electrons. The molecule has 0 atom stereocenters. The van der Waals surface area contributed by atoms with Crippen LogP contribution < -0.4 is 15.8 Å². The topological polar surface area (TPSA) is 73.5 Å². The smallest absolute Gasteiger partial charge is 0.420 e. The maximum atomic E-state index is 11.9. The molecule has 0 fully saturated rings. The van der Waals surface area contributed by atoms with Crippen LogP contribution in [0.5, 0.6) is 5.75 Å². The number of hydrogen-bond acceptors (Lipinski definition) is 4. The summed E-state index contributed by atoms with van der Waals surface area (Å²) in [5.74, 6) is -0.0217. The van der Waals surface area contributed by atoms with Gasteiger partial charge in [0.05, 0.1) is 17.7 Å². The summed E-state index contributed by atoms with van der Waals surface area (Å²) in [4.78, 5) is 23.1. The maximum absolute atomic E-state index is 11.9. The summed E-state index contributed by atoms with van der Waals surface area (Å²) in [7, 11) is 0. The number of nitrogens with zero attached hydrogens (tertiary/aromatic N) is 1. The minimum absolute atomic E-state index is 0.168. The zero-order valence-electron chi connectivity index (χ0n) is 12.6. The van der Waals surface area contributed by atoms with Gasteiger partial charge in [-0.15, -0.1) is 0 Å². The van der Waals surface area contributed by atoms with Gasteiger partial charge in [0.2, 0.25) is 5.91 Å². The van der Waals surface area contributed by atoms with E-state index < -0.39 is 5.76 Å². The van der Waals surface area contributed by atoms with Crippen LogP contribution in [0.3, 0.4) is 0 Å². The van der Waals surface area contributed by atoms with E-state index in [0.717, 1.165) is 5.52 Å². The number of aromatic nitrogens is 1. The highest BCUT2D eigenvalue weighted by Crippen LogP contribution is 2.23. The van der Waals surface area contributed by atoms with Crippen molar-refractivity contribution < 1.29 is 13.9 Å². The molecule has 3 rings (SSSR count). The molecule has 0 bridgehead atoms. The first-order chi connectivity index (χ1) is 11.1. The summed E-state index contributed by atoms with van der Waals surface area (Å²) in [6.45, 7) is 2.07. The molecule has 0 aliphatic rings. The molecule has 2 aromatic carbocycles. The van der Waals surface area contributed by atoms with E-state index in [0.29, 0.717) is 23.6 Å². The van der Waals surface area contributed by atoms with Crippen molar-refractivity contribution in [1.82, 2.24) is 4.57 Å². The lowest BCUT2D eigenvalue weighted by Gasteiger charge is -2.11. The Bertz CT molecular complexity index is 895. The number of anilines is 1. The molecule has 0 aliphatic carbocycles. The average molecular weight is 312 g/mol. The first-order valence-electron chi connectivity index (χ1n) is 7.23. The van der Waals surface area contributed by atoms with E-state index in [2.05, 4.69) is 5.32 Å². The number of benzene rings is 2. The van der Waals surface area contributed by atoms with Crippen LogP contribution in [0.2, 0.25) is 0 Å². The van der Waals surface area contributed by atoms with E-state index in [9.17, 15) is 9.59 Å². The number of fused-ring (bicyclic) bond motifs is 1. The van der Waals surface area contributed by atoms with Gasteiger partial charge >= 0.3 is 5.76 Å². The Kier molecular flexibility index (Phi) is 4.14. The van der Waals surface area contributed by atoms with Gasteiger partial charge in [0.25, 0.3) is 0 Å². The van der Waals surface area contributed by atoms with Gasteiger partial charge in [-0.2, -0.15) is 0 Å². The molecule has 6 heteroatoms. The van der Waals surface area contributed by atoms with Gasteiger partial charge in [0.15, 0.2) is 5.58 Å². The Balaban J connectivity index is 1.73. The quantitative estimate of drug-likeness (QED) is 0.786. The Hall–Kier alpha value is -3.02. The third-order valence-electron chi connectivity index (χ3n) is 3.34. The van der Waals surface area contributed by atoms with Crippen molar-refractivity contribution in [3.63, 3.8) is 0 Å². The number of oxazole rings is 1. The van der Waals surface area contributed by atoms with E-state index >= 15 is 0 Å². The molecule has 0 unspecified atom stereocenters. The molecule has 23 heavy (non-hydrogen) atoms. The van der Waals surface area contributed by atoms with Crippen molar-refractivity contribution in [1.29, 1.82) is 0 Å². The second-order valence-corrected chi connectivity index (χ2v) is 5.01. The van der Waals surface area contributed by atoms with Crippen LogP contribution in [-0.2, 0) is 11.3 Å². The van der Waals surface area contributed by atoms with Crippen LogP contribution in [0.1, 0.15) is 6.92 Å². The molecule has 3 aromatic rings. The van der Waals surface area contributed by atoms with E-state index in [1.54, 1.807) is 18.2 Å². The fourth-order valence-corrected chi connectivity index (χ4v) is 2.36. The molecular weight excluding hydrogens is 296 g/mol. The summed E-state index contributed by atoms with van der Waals surface area (Å²) < 4.78 is 12.4. The van der Waals surface area contributed by atoms with Gasteiger partial charge in [-0.05, 0) is 24.3 Å². The summed E-state index contributed by atoms with van der Waals surface area (Å²) >= 11 is 0. The molecule has 1 heterocycles. The molecule has 0 aliphatic heterocycles. The minimum Gasteiger partial charge on any atom is -0.490 e. The predicted molar refractivity (Wildman–Crippen MR) is 86.7 cm³/mol. The molecule has 1 N–H and O–H groups in total. The number of ether oxygens (including phenoxy) is 1. The lowest BCUT2D eigenvalue weighted by molar-refractivity contribution is -0.114. The fraction of sp³-hybridized carbons (Fsp3) is 0.176. The van der Waals surface area contributed by atoms with Gasteiger partial charge in [-0.3, -0.25) is 9.36 Å². The van der Waals surface area contributed by atoms with E-state index in [-0.39, 0.29) is 12.5 Å². The maximum Gasteiger partial charge on any atom is 0.420 e. The number of nitrogens with one attached hydrogen (secondary N) is 1. The van der Waals surface area contributed by atoms with Crippen molar-refractivity contribution in [2.24, 2.45) is 0 Å². The zero-order valence-corrected chi connectivity index (χ0v) is 12.6. The molecule has 1 amide bonds. The van der Waals surface area contributed by atoms with Gasteiger partial charge in [0, 0.05) is 6.92 Å². The number of rotatable bonds is 5. The van der Waals surface area contributed by atoms with Crippen molar-refractivity contribution in [2.75, 3.05) is 11.9 Å². The number of carbonyl (C=O) groups is 1. The van der Waals surface area contributed by atoms with Crippen molar-refractivity contribution in [3.8, 4) is 5.75 Å². The van der Waals surface area contributed by atoms with Gasteiger partial charge < -0.3 is 14.5 Å². The van der Waals surface area contributed by atoms with Crippen molar-refractivity contribution in [3.05, 3.63) is 59.1 Å². The zero-order chi connectivity index (χ0) is 16.2. The Morgan fingerprint density at radius 1 is 1.17 bits per heavy atom. The van der Waals surface area contributed by atoms with Crippen LogP contribution in [0, 0.1) is 0 Å². The summed E-state index contributed by atoms with van der Waals surface area (Å²) in [6.07, 6.45) is 0. The molecule has 0 spiro atoms. The monoisotopic (exact) mass is 312 g/mol. The number of carbonyl (C=O) groups excluding carboxylic acids is 1. The van der Waals surface area contributed by atoms with E-state index in [4.69, 9.17) is 9.15 Å². The molecular formula is C17H16N2O4. The van der Waals surface area contributed by atoms with Crippen molar-refractivity contribution >= 4 is 22.7 Å². The molecule has 0 saturated carbocycles. The van der Waals surface area contributed by atoms with Gasteiger partial charge in [-0.1, -0.05) is 24.3 Å². The minimum atomic E-state index is -0.412. The lowest BCUT2D eigenvalue weighted by atomic mass is 10.3. The number of hydrogen-bond donors (Lipinski definition) is 1. The second-order valence-electron chi connectivity index (χ2n) is 5.01. The average Bonchev–Trinajstić information content (AvgIpc) is 2.84. The number of amides is 1. The van der Waals surface area contributed by atoms with Crippen LogP contribution in [-0.4, -0.2) is 17.1 Å². The SMILES string of the molecule is CC(=O)Nc1ccccc1OCCn1c(=O)oc2ccccc21. The highest BCUT2D eigenvalue weighted by Gasteiger charge is 2.09. The third-order valence-corrected chi connectivity index (χ3v) is 3.34. The standard InChI is InChI=1S/C17H16N2O4/c1-12(20)18-13-6-2-4-8-15(13)22-11-10-19-14-7-3-5-9-16(14)23-17(19)21/h2-9H,10-11H2,1H3,(H,18,20). The number of para-hydroxylation sites is 4. The molecule has 6 nitrogen and oxygen atoms in total. The lowest BCUT2D eigenvalue weighted by Crippen LogP contribution is -2.19. The molecule has 1 aromatic heterocycles. The largest absolute Gasteiger partial charge is 0.490 e. The Morgan fingerprint density at radius 2 is 1.91 bits per heavy atom.